The molecule has 0 bridgehead atoms. The second-order valence-corrected chi connectivity index (χ2v) is 4.50. The molecule has 0 radical (unpaired) electrons. The van der Waals surface area contributed by atoms with Crippen LogP contribution >= 0.6 is 15.9 Å². The largest absolute Gasteiger partial charge is 0.0876 e. The van der Waals surface area contributed by atoms with E-state index in [2.05, 4.69) is 70.5 Å². The van der Waals surface area contributed by atoms with Gasteiger partial charge in [-0.15, -0.1) is 0 Å². The minimum absolute atomic E-state index is 0.901. The zero-order valence-corrected chi connectivity index (χ0v) is 10.4. The lowest BCUT2D eigenvalue weighted by atomic mass is 9.98. The van der Waals surface area contributed by atoms with Crippen LogP contribution in [0.1, 0.15) is 5.56 Å². The maximum Gasteiger partial charge on any atom is 0.0289 e. The first-order chi connectivity index (χ1) is 7.90. The first-order valence-corrected chi connectivity index (χ1v) is 6.47. The average molecular weight is 271 g/mol. The topological polar surface area (TPSA) is 0 Å². The first-order valence-electron chi connectivity index (χ1n) is 5.35. The fourth-order valence-electron chi connectivity index (χ4n) is 2.24. The zero-order valence-electron chi connectivity index (χ0n) is 8.78. The molecule has 0 heterocycles. The summed E-state index contributed by atoms with van der Waals surface area (Å²) in [6, 6.07) is 19.4. The van der Waals surface area contributed by atoms with E-state index in [4.69, 9.17) is 0 Å². The molecule has 0 N–H and O–H groups in total. The third-order valence-corrected chi connectivity index (χ3v) is 3.60. The Kier molecular flexibility index (Phi) is 2.41. The third kappa shape index (κ3) is 1.43. The molecule has 0 aliphatic carbocycles. The van der Waals surface area contributed by atoms with Crippen LogP contribution in [0.25, 0.3) is 21.5 Å². The van der Waals surface area contributed by atoms with E-state index in [9.17, 15) is 0 Å². The van der Waals surface area contributed by atoms with Crippen LogP contribution in [-0.2, 0) is 5.33 Å². The van der Waals surface area contributed by atoms with E-state index in [0.29, 0.717) is 0 Å². The van der Waals surface area contributed by atoms with Gasteiger partial charge in [-0.2, -0.15) is 0 Å². The van der Waals surface area contributed by atoms with Crippen molar-refractivity contribution in [2.75, 3.05) is 0 Å². The van der Waals surface area contributed by atoms with Crippen molar-refractivity contribution in [3.63, 3.8) is 0 Å². The quantitative estimate of drug-likeness (QED) is 0.436. The molecular formula is C15H11Br. The summed E-state index contributed by atoms with van der Waals surface area (Å²) < 4.78 is 0. The zero-order chi connectivity index (χ0) is 11.0. The molecule has 0 atom stereocenters. The molecule has 0 aromatic heterocycles. The van der Waals surface area contributed by atoms with E-state index in [-0.39, 0.29) is 0 Å². The molecule has 0 saturated carbocycles. The number of fused-ring (bicyclic) bond motifs is 3. The Morgan fingerprint density at radius 2 is 1.38 bits per heavy atom. The summed E-state index contributed by atoms with van der Waals surface area (Å²) >= 11 is 3.56. The normalized spacial score (nSPS) is 11.1. The third-order valence-electron chi connectivity index (χ3n) is 3.00. The molecule has 0 spiro atoms. The van der Waals surface area contributed by atoms with E-state index < -0.39 is 0 Å². The molecule has 0 saturated heterocycles. The fourth-order valence-corrected chi connectivity index (χ4v) is 2.71. The molecule has 16 heavy (non-hydrogen) atoms. The molecule has 1 heteroatoms. The van der Waals surface area contributed by atoms with Crippen molar-refractivity contribution in [2.24, 2.45) is 0 Å². The smallest absolute Gasteiger partial charge is 0.0289 e. The van der Waals surface area contributed by atoms with Gasteiger partial charge in [0.1, 0.15) is 0 Å². The van der Waals surface area contributed by atoms with Crippen molar-refractivity contribution in [1.29, 1.82) is 0 Å². The average Bonchev–Trinajstić information content (AvgIpc) is 2.38. The second kappa shape index (κ2) is 3.91. The summed E-state index contributed by atoms with van der Waals surface area (Å²) in [5.41, 5.74) is 1.36. The van der Waals surface area contributed by atoms with Crippen molar-refractivity contribution in [3.05, 3.63) is 60.2 Å². The summed E-state index contributed by atoms with van der Waals surface area (Å²) in [4.78, 5) is 0. The number of benzene rings is 3. The number of halogens is 1. The van der Waals surface area contributed by atoms with Crippen LogP contribution in [0.4, 0.5) is 0 Å². The summed E-state index contributed by atoms with van der Waals surface area (Å²) in [7, 11) is 0. The highest BCUT2D eigenvalue weighted by atomic mass is 79.9. The highest BCUT2D eigenvalue weighted by molar-refractivity contribution is 9.08. The second-order valence-electron chi connectivity index (χ2n) is 3.94. The molecule has 0 unspecified atom stereocenters. The van der Waals surface area contributed by atoms with Gasteiger partial charge in [-0.05, 0) is 33.2 Å². The summed E-state index contributed by atoms with van der Waals surface area (Å²) in [6.07, 6.45) is 0. The lowest BCUT2D eigenvalue weighted by Crippen LogP contribution is -1.84. The Hall–Kier alpha value is -1.34. The Bertz CT molecular complexity index is 656. The Balaban J connectivity index is 2.57. The molecule has 0 aliphatic heterocycles. The molecule has 3 aromatic rings. The minimum atomic E-state index is 0.901. The van der Waals surface area contributed by atoms with Crippen LogP contribution in [0, 0.1) is 0 Å². The van der Waals surface area contributed by atoms with Gasteiger partial charge in [-0.1, -0.05) is 64.5 Å². The maximum atomic E-state index is 3.56. The fraction of sp³-hybridized carbons (Fsp3) is 0.0667. The van der Waals surface area contributed by atoms with Gasteiger partial charge in [0.05, 0.1) is 0 Å². The lowest BCUT2D eigenvalue weighted by Gasteiger charge is -2.08. The molecule has 3 rings (SSSR count). The molecule has 0 nitrogen and oxygen atoms in total. The minimum Gasteiger partial charge on any atom is -0.0876 e. The van der Waals surface area contributed by atoms with Gasteiger partial charge in [0.25, 0.3) is 0 Å². The standard InChI is InChI=1S/C15H11Br/c16-10-12-9-11-5-1-2-6-13(11)15-8-4-3-7-14(12)15/h1-9H,10H2. The molecule has 0 fully saturated rings. The van der Waals surface area contributed by atoms with Crippen LogP contribution in [0.5, 0.6) is 0 Å². The van der Waals surface area contributed by atoms with Gasteiger partial charge < -0.3 is 0 Å². The summed E-state index contributed by atoms with van der Waals surface area (Å²) in [5, 5.41) is 6.24. The van der Waals surface area contributed by atoms with E-state index in [1.54, 1.807) is 0 Å². The monoisotopic (exact) mass is 270 g/mol. The lowest BCUT2D eigenvalue weighted by molar-refractivity contribution is 1.51. The van der Waals surface area contributed by atoms with Crippen LogP contribution in [0.2, 0.25) is 0 Å². The summed E-state index contributed by atoms with van der Waals surface area (Å²) in [5.74, 6) is 0. The van der Waals surface area contributed by atoms with E-state index in [1.807, 2.05) is 0 Å². The van der Waals surface area contributed by atoms with Crippen LogP contribution < -0.4 is 0 Å². The Labute approximate surface area is 103 Å². The number of rotatable bonds is 1. The van der Waals surface area contributed by atoms with Crippen LogP contribution in [0.15, 0.2) is 54.6 Å². The van der Waals surface area contributed by atoms with Crippen LogP contribution in [0.3, 0.4) is 0 Å². The Morgan fingerprint density at radius 1 is 0.750 bits per heavy atom. The van der Waals surface area contributed by atoms with Crippen LogP contribution in [-0.4, -0.2) is 0 Å². The van der Waals surface area contributed by atoms with Crippen molar-refractivity contribution in [3.8, 4) is 0 Å². The maximum absolute atomic E-state index is 3.56. The van der Waals surface area contributed by atoms with Crippen molar-refractivity contribution < 1.29 is 0 Å². The van der Waals surface area contributed by atoms with Crippen molar-refractivity contribution >= 4 is 37.5 Å². The van der Waals surface area contributed by atoms with Crippen molar-refractivity contribution in [2.45, 2.75) is 5.33 Å². The Morgan fingerprint density at radius 3 is 2.12 bits per heavy atom. The van der Waals surface area contributed by atoms with Gasteiger partial charge in [0.15, 0.2) is 0 Å². The van der Waals surface area contributed by atoms with Gasteiger partial charge in [-0.25, -0.2) is 0 Å². The van der Waals surface area contributed by atoms with Gasteiger partial charge in [-0.3, -0.25) is 0 Å². The SMILES string of the molecule is BrCc1cc2ccccc2c2ccccc12. The van der Waals surface area contributed by atoms with Crippen molar-refractivity contribution in [1.82, 2.24) is 0 Å². The van der Waals surface area contributed by atoms with E-state index in [1.165, 1.54) is 27.1 Å². The molecule has 0 aliphatic rings. The number of alkyl halides is 1. The molecule has 0 amide bonds. The van der Waals surface area contributed by atoms with Gasteiger partial charge in [0.2, 0.25) is 0 Å². The highest BCUT2D eigenvalue weighted by Gasteiger charge is 2.04. The van der Waals surface area contributed by atoms with Gasteiger partial charge >= 0.3 is 0 Å². The van der Waals surface area contributed by atoms with E-state index in [0.717, 1.165) is 5.33 Å². The van der Waals surface area contributed by atoms with E-state index >= 15 is 0 Å². The first kappa shape index (κ1) is 9.86. The number of hydrogen-bond acceptors (Lipinski definition) is 0. The highest BCUT2D eigenvalue weighted by Crippen LogP contribution is 2.29. The predicted molar refractivity (Wildman–Crippen MR) is 74.1 cm³/mol. The van der Waals surface area contributed by atoms with Gasteiger partial charge in [0, 0.05) is 5.33 Å². The molecule has 3 aromatic carbocycles. The summed E-state index contributed by atoms with van der Waals surface area (Å²) in [6.45, 7) is 0. The predicted octanol–water partition coefficient (Wildman–Crippen LogP) is 4.89. The molecule has 78 valence electrons. The number of hydrogen-bond donors (Lipinski definition) is 0. The molecular weight excluding hydrogens is 260 g/mol.